The first-order valence-electron chi connectivity index (χ1n) is 11.7. The molecule has 0 bridgehead atoms. The average molecular weight is 481 g/mol. The van der Waals surface area contributed by atoms with Crippen molar-refractivity contribution in [2.75, 3.05) is 0 Å². The molecule has 2 aromatic carbocycles. The fourth-order valence-corrected chi connectivity index (χ4v) is 4.20. The lowest BCUT2D eigenvalue weighted by Gasteiger charge is -2.16. The summed E-state index contributed by atoms with van der Waals surface area (Å²) in [5.41, 5.74) is 5.27. The summed E-state index contributed by atoms with van der Waals surface area (Å²) in [7, 11) is 0. The Labute approximate surface area is 208 Å². The number of halogens is 1. The first-order chi connectivity index (χ1) is 17.5. The summed E-state index contributed by atoms with van der Waals surface area (Å²) >= 11 is 0. The van der Waals surface area contributed by atoms with Gasteiger partial charge < -0.3 is 10.2 Å². The number of aromatic nitrogens is 2. The standard InChI is InChI=1S/C29H25FN4O2/c1-18-8-9-24(25(30)12-18)21-13-22(27-16-28(36-34-27)26-7-3-4-11-32-26)15-23(14-21)29(35)33-19(2)20-6-5-10-31-17-20/h3-15,17,19,28H,16H2,1-2H3,(H,33,35). The Morgan fingerprint density at radius 1 is 1.06 bits per heavy atom. The summed E-state index contributed by atoms with van der Waals surface area (Å²) < 4.78 is 14.9. The number of benzene rings is 2. The molecule has 0 aliphatic carbocycles. The molecule has 180 valence electrons. The second-order valence-electron chi connectivity index (χ2n) is 8.85. The van der Waals surface area contributed by atoms with E-state index in [1.54, 1.807) is 36.8 Å². The molecule has 1 amide bonds. The van der Waals surface area contributed by atoms with Gasteiger partial charge in [-0.05, 0) is 73.0 Å². The SMILES string of the molecule is Cc1ccc(-c2cc(C(=O)NC(C)c3cccnc3)cc(C3=NOC(c4ccccn4)C3)c2)c(F)c1. The third-order valence-electron chi connectivity index (χ3n) is 6.18. The lowest BCUT2D eigenvalue weighted by Crippen LogP contribution is -2.27. The minimum absolute atomic E-state index is 0.255. The number of aryl methyl sites for hydroxylation is 1. The Kier molecular flexibility index (Phi) is 6.54. The molecule has 0 radical (unpaired) electrons. The molecule has 3 heterocycles. The molecule has 2 unspecified atom stereocenters. The van der Waals surface area contributed by atoms with Gasteiger partial charge in [0.1, 0.15) is 5.82 Å². The minimum Gasteiger partial charge on any atom is -0.385 e. The summed E-state index contributed by atoms with van der Waals surface area (Å²) in [5.74, 6) is -0.624. The van der Waals surface area contributed by atoms with Gasteiger partial charge in [-0.25, -0.2) is 4.39 Å². The molecule has 2 aromatic heterocycles. The Bertz CT molecular complexity index is 1420. The van der Waals surface area contributed by atoms with Crippen molar-refractivity contribution in [3.8, 4) is 11.1 Å². The topological polar surface area (TPSA) is 76.5 Å². The highest BCUT2D eigenvalue weighted by atomic mass is 19.1. The number of hydrogen-bond acceptors (Lipinski definition) is 5. The summed E-state index contributed by atoms with van der Waals surface area (Å²) in [6, 6.07) is 19.5. The molecule has 6 nitrogen and oxygen atoms in total. The Morgan fingerprint density at radius 3 is 2.67 bits per heavy atom. The predicted octanol–water partition coefficient (Wildman–Crippen LogP) is 5.95. The van der Waals surface area contributed by atoms with Crippen LogP contribution in [-0.4, -0.2) is 21.6 Å². The molecule has 0 saturated heterocycles. The maximum atomic E-state index is 14.9. The second-order valence-corrected chi connectivity index (χ2v) is 8.85. The Hall–Kier alpha value is -4.39. The highest BCUT2D eigenvalue weighted by Crippen LogP contribution is 2.32. The van der Waals surface area contributed by atoms with Gasteiger partial charge in [0.25, 0.3) is 5.91 Å². The zero-order valence-electron chi connectivity index (χ0n) is 20.0. The summed E-state index contributed by atoms with van der Waals surface area (Å²) in [6.45, 7) is 3.73. The van der Waals surface area contributed by atoms with E-state index in [0.29, 0.717) is 34.4 Å². The molecular formula is C29H25FN4O2. The van der Waals surface area contributed by atoms with Gasteiger partial charge in [-0.2, -0.15) is 0 Å². The van der Waals surface area contributed by atoms with Gasteiger partial charge in [0.2, 0.25) is 0 Å². The van der Waals surface area contributed by atoms with Crippen LogP contribution in [0.4, 0.5) is 4.39 Å². The number of nitrogens with one attached hydrogen (secondary N) is 1. The number of oxime groups is 1. The summed E-state index contributed by atoms with van der Waals surface area (Å²) in [5, 5.41) is 7.30. The van der Waals surface area contributed by atoms with Gasteiger partial charge in [0.15, 0.2) is 6.10 Å². The van der Waals surface area contributed by atoms with Crippen LogP contribution in [0.2, 0.25) is 0 Å². The average Bonchev–Trinajstić information content (AvgIpc) is 3.40. The maximum absolute atomic E-state index is 14.9. The number of carbonyl (C=O) groups excluding carboxylic acids is 1. The lowest BCUT2D eigenvalue weighted by molar-refractivity contribution is 0.0826. The highest BCUT2D eigenvalue weighted by molar-refractivity contribution is 6.05. The van der Waals surface area contributed by atoms with E-state index in [9.17, 15) is 9.18 Å². The van der Waals surface area contributed by atoms with E-state index < -0.39 is 0 Å². The molecule has 0 fully saturated rings. The lowest BCUT2D eigenvalue weighted by atomic mass is 9.94. The van der Waals surface area contributed by atoms with E-state index in [4.69, 9.17) is 4.84 Å². The van der Waals surface area contributed by atoms with Gasteiger partial charge in [0.05, 0.1) is 17.4 Å². The number of rotatable bonds is 6. The third-order valence-corrected chi connectivity index (χ3v) is 6.18. The van der Waals surface area contributed by atoms with Gasteiger partial charge in [-0.1, -0.05) is 29.4 Å². The van der Waals surface area contributed by atoms with Crippen LogP contribution in [0.1, 0.15) is 58.2 Å². The van der Waals surface area contributed by atoms with Gasteiger partial charge in [-0.3, -0.25) is 14.8 Å². The molecule has 1 aliphatic heterocycles. The van der Waals surface area contributed by atoms with Crippen LogP contribution in [0.3, 0.4) is 0 Å². The number of nitrogens with zero attached hydrogens (tertiary/aromatic N) is 3. The number of pyridine rings is 2. The zero-order valence-corrected chi connectivity index (χ0v) is 20.0. The van der Waals surface area contributed by atoms with Gasteiger partial charge >= 0.3 is 0 Å². The quantitative estimate of drug-likeness (QED) is 0.370. The van der Waals surface area contributed by atoms with Crippen LogP contribution in [0.15, 0.2) is 90.5 Å². The van der Waals surface area contributed by atoms with E-state index in [-0.39, 0.29) is 23.9 Å². The monoisotopic (exact) mass is 480 g/mol. The van der Waals surface area contributed by atoms with Crippen molar-refractivity contribution in [2.24, 2.45) is 5.16 Å². The van der Waals surface area contributed by atoms with E-state index in [1.165, 1.54) is 6.07 Å². The van der Waals surface area contributed by atoms with Crippen molar-refractivity contribution in [3.63, 3.8) is 0 Å². The van der Waals surface area contributed by atoms with E-state index in [0.717, 1.165) is 16.8 Å². The number of amides is 1. The fourth-order valence-electron chi connectivity index (χ4n) is 4.20. The van der Waals surface area contributed by atoms with Gasteiger partial charge in [-0.15, -0.1) is 0 Å². The van der Waals surface area contributed by atoms with Gasteiger partial charge in [0, 0.05) is 41.7 Å². The van der Waals surface area contributed by atoms with E-state index in [2.05, 4.69) is 20.4 Å². The fraction of sp³-hybridized carbons (Fsp3) is 0.172. The van der Waals surface area contributed by atoms with E-state index in [1.807, 2.05) is 56.3 Å². The Morgan fingerprint density at radius 2 is 1.92 bits per heavy atom. The van der Waals surface area contributed by atoms with Crippen molar-refractivity contribution in [2.45, 2.75) is 32.4 Å². The Balaban J connectivity index is 1.49. The smallest absolute Gasteiger partial charge is 0.251 e. The molecule has 1 aliphatic rings. The molecule has 2 atom stereocenters. The van der Waals surface area contributed by atoms with E-state index >= 15 is 0 Å². The van der Waals surface area contributed by atoms with Crippen molar-refractivity contribution in [1.29, 1.82) is 0 Å². The maximum Gasteiger partial charge on any atom is 0.251 e. The third kappa shape index (κ3) is 5.00. The molecular weight excluding hydrogens is 455 g/mol. The van der Waals surface area contributed by atoms with Crippen LogP contribution in [0.5, 0.6) is 0 Å². The van der Waals surface area contributed by atoms with Crippen LogP contribution >= 0.6 is 0 Å². The molecule has 0 spiro atoms. The number of hydrogen-bond donors (Lipinski definition) is 1. The van der Waals surface area contributed by atoms with Crippen molar-refractivity contribution in [1.82, 2.24) is 15.3 Å². The van der Waals surface area contributed by atoms with Crippen LogP contribution < -0.4 is 5.32 Å². The highest BCUT2D eigenvalue weighted by Gasteiger charge is 2.26. The first-order valence-corrected chi connectivity index (χ1v) is 11.7. The molecule has 0 saturated carbocycles. The normalized spacial score (nSPS) is 15.6. The second kappa shape index (κ2) is 10.1. The van der Waals surface area contributed by atoms with Crippen molar-refractivity contribution < 1.29 is 14.0 Å². The minimum atomic E-state index is -0.349. The zero-order chi connectivity index (χ0) is 25.1. The summed E-state index contributed by atoms with van der Waals surface area (Å²) in [4.78, 5) is 27.4. The molecule has 7 heteroatoms. The first kappa shape index (κ1) is 23.4. The molecule has 4 aromatic rings. The van der Waals surface area contributed by atoms with Crippen molar-refractivity contribution >= 4 is 11.6 Å². The van der Waals surface area contributed by atoms with Crippen molar-refractivity contribution in [3.05, 3.63) is 119 Å². The van der Waals surface area contributed by atoms with Crippen LogP contribution in [0, 0.1) is 12.7 Å². The molecule has 5 rings (SSSR count). The predicted molar refractivity (Wildman–Crippen MR) is 136 cm³/mol. The van der Waals surface area contributed by atoms with Crippen LogP contribution in [-0.2, 0) is 4.84 Å². The molecule has 36 heavy (non-hydrogen) atoms. The summed E-state index contributed by atoms with van der Waals surface area (Å²) in [6.07, 6.45) is 5.29. The van der Waals surface area contributed by atoms with Crippen LogP contribution in [0.25, 0.3) is 11.1 Å². The number of carbonyl (C=O) groups is 1. The molecule has 1 N–H and O–H groups in total. The largest absolute Gasteiger partial charge is 0.385 e.